The Kier molecular flexibility index (Phi) is 4.63. The van der Waals surface area contributed by atoms with Crippen molar-refractivity contribution < 1.29 is 14.3 Å². The van der Waals surface area contributed by atoms with Gasteiger partial charge in [-0.25, -0.2) is 4.98 Å². The van der Waals surface area contributed by atoms with Gasteiger partial charge in [0, 0.05) is 42.1 Å². The number of anilines is 1. The Balaban J connectivity index is 1.86. The maximum absolute atomic E-state index is 12.9. The summed E-state index contributed by atoms with van der Waals surface area (Å²) in [4.78, 5) is 35.4. The second-order valence-corrected chi connectivity index (χ2v) is 6.07. The van der Waals surface area contributed by atoms with Crippen LogP contribution in [0.3, 0.4) is 0 Å². The second kappa shape index (κ2) is 6.84. The predicted octanol–water partition coefficient (Wildman–Crippen LogP) is 1.32. The fourth-order valence-electron chi connectivity index (χ4n) is 2.45. The van der Waals surface area contributed by atoms with Crippen molar-refractivity contribution in [3.63, 3.8) is 0 Å². The fraction of sp³-hybridized carbons (Fsp3) is 0.333. The fourth-order valence-corrected chi connectivity index (χ4v) is 3.06. The van der Waals surface area contributed by atoms with E-state index in [0.29, 0.717) is 36.6 Å². The molecule has 0 atom stereocenters. The van der Waals surface area contributed by atoms with E-state index in [-0.39, 0.29) is 18.2 Å². The number of methoxy groups -OCH3 is 1. The third kappa shape index (κ3) is 3.38. The van der Waals surface area contributed by atoms with Crippen LogP contribution in [-0.4, -0.2) is 46.9 Å². The number of aromatic nitrogens is 2. The van der Waals surface area contributed by atoms with E-state index in [9.17, 15) is 9.59 Å². The molecule has 0 saturated carbocycles. The molecule has 0 saturated heterocycles. The molecule has 7 nitrogen and oxygen atoms in total. The number of carbonyl (C=O) groups excluding carboxylic acids is 2. The van der Waals surface area contributed by atoms with Gasteiger partial charge in [0.15, 0.2) is 0 Å². The number of nitrogens with zero attached hydrogens (tertiary/aromatic N) is 3. The van der Waals surface area contributed by atoms with Crippen molar-refractivity contribution in [1.29, 1.82) is 0 Å². The molecule has 2 aromatic rings. The summed E-state index contributed by atoms with van der Waals surface area (Å²) in [6, 6.07) is 1.66. The molecule has 3 heterocycles. The first-order valence-corrected chi connectivity index (χ1v) is 8.00. The van der Waals surface area contributed by atoms with Crippen molar-refractivity contribution in [2.45, 2.75) is 13.0 Å². The molecule has 0 unspecified atom stereocenters. The molecule has 0 bridgehead atoms. The first kappa shape index (κ1) is 15.6. The molecule has 8 heteroatoms. The van der Waals surface area contributed by atoms with E-state index < -0.39 is 0 Å². The number of thiazole rings is 1. The molecule has 1 N–H and O–H groups in total. The second-order valence-electron chi connectivity index (χ2n) is 5.10. The molecule has 23 heavy (non-hydrogen) atoms. The minimum atomic E-state index is -0.140. The normalized spacial score (nSPS) is 12.8. The van der Waals surface area contributed by atoms with Crippen molar-refractivity contribution in [3.05, 3.63) is 40.0 Å². The summed E-state index contributed by atoms with van der Waals surface area (Å²) >= 11 is 1.50. The van der Waals surface area contributed by atoms with Gasteiger partial charge in [0.1, 0.15) is 5.82 Å². The van der Waals surface area contributed by atoms with Crippen LogP contribution < -0.4 is 5.32 Å². The minimum absolute atomic E-state index is 0.134. The van der Waals surface area contributed by atoms with Gasteiger partial charge in [-0.2, -0.15) is 0 Å². The molecule has 2 amide bonds. The largest absolute Gasteiger partial charge is 0.383 e. The quantitative estimate of drug-likeness (QED) is 0.862. The number of pyridine rings is 1. The molecule has 3 rings (SSSR count). The summed E-state index contributed by atoms with van der Waals surface area (Å²) in [6.07, 6.45) is 3.47. The minimum Gasteiger partial charge on any atom is -0.383 e. The van der Waals surface area contributed by atoms with Crippen LogP contribution in [0.25, 0.3) is 0 Å². The smallest absolute Gasteiger partial charge is 0.254 e. The number of nitrogens with one attached hydrogen (secondary N) is 1. The zero-order valence-electron chi connectivity index (χ0n) is 12.6. The highest BCUT2D eigenvalue weighted by molar-refractivity contribution is 7.09. The summed E-state index contributed by atoms with van der Waals surface area (Å²) in [7, 11) is 1.60. The molecular formula is C15H16N4O3S. The van der Waals surface area contributed by atoms with Crippen LogP contribution in [0.1, 0.15) is 20.8 Å². The summed E-state index contributed by atoms with van der Waals surface area (Å²) in [5.74, 6) is 0.203. The molecule has 2 aromatic heterocycles. The first-order valence-electron chi connectivity index (χ1n) is 7.12. The molecule has 0 fully saturated rings. The maximum Gasteiger partial charge on any atom is 0.254 e. The summed E-state index contributed by atoms with van der Waals surface area (Å²) in [5, 5.41) is 2.67. The lowest BCUT2D eigenvalue weighted by Crippen LogP contribution is -2.33. The Bertz CT molecular complexity index is 718. The van der Waals surface area contributed by atoms with Crippen molar-refractivity contribution in [2.75, 3.05) is 25.6 Å². The molecule has 0 radical (unpaired) electrons. The van der Waals surface area contributed by atoms with Gasteiger partial charge in [-0.1, -0.05) is 0 Å². The average molecular weight is 332 g/mol. The first-order chi connectivity index (χ1) is 11.2. The van der Waals surface area contributed by atoms with E-state index in [2.05, 4.69) is 15.3 Å². The highest BCUT2D eigenvalue weighted by atomic mass is 32.1. The van der Waals surface area contributed by atoms with Crippen molar-refractivity contribution >= 4 is 29.0 Å². The number of carbonyl (C=O) groups is 2. The van der Waals surface area contributed by atoms with Crippen LogP contribution in [0.15, 0.2) is 24.0 Å². The summed E-state index contributed by atoms with van der Waals surface area (Å²) in [6.45, 7) is 1.37. The Morgan fingerprint density at radius 1 is 1.52 bits per heavy atom. The topological polar surface area (TPSA) is 84.4 Å². The average Bonchev–Trinajstić information content (AvgIpc) is 3.18. The highest BCUT2D eigenvalue weighted by Gasteiger charge is 2.27. The van der Waals surface area contributed by atoms with E-state index in [4.69, 9.17) is 4.74 Å². The van der Waals surface area contributed by atoms with E-state index in [1.807, 2.05) is 0 Å². The van der Waals surface area contributed by atoms with Crippen molar-refractivity contribution in [1.82, 2.24) is 14.9 Å². The molecule has 120 valence electrons. The van der Waals surface area contributed by atoms with Crippen molar-refractivity contribution in [2.24, 2.45) is 0 Å². The maximum atomic E-state index is 12.9. The number of hydrogen-bond donors (Lipinski definition) is 1. The lowest BCUT2D eigenvalue weighted by molar-refractivity contribution is -0.115. The van der Waals surface area contributed by atoms with Crippen LogP contribution >= 0.6 is 11.3 Å². The van der Waals surface area contributed by atoms with Gasteiger partial charge in [0.25, 0.3) is 5.91 Å². The third-order valence-electron chi connectivity index (χ3n) is 3.56. The molecule has 0 aliphatic carbocycles. The van der Waals surface area contributed by atoms with E-state index in [1.165, 1.54) is 11.3 Å². The molecule has 0 spiro atoms. The Hall–Kier alpha value is -2.32. The monoisotopic (exact) mass is 332 g/mol. The Morgan fingerprint density at radius 3 is 3.13 bits per heavy atom. The zero-order chi connectivity index (χ0) is 16.2. The Labute approximate surface area is 137 Å². The molecule has 1 aliphatic rings. The van der Waals surface area contributed by atoms with Crippen LogP contribution in [0.2, 0.25) is 0 Å². The van der Waals surface area contributed by atoms with E-state index in [1.54, 1.807) is 36.0 Å². The molecular weight excluding hydrogens is 316 g/mol. The predicted molar refractivity (Wildman–Crippen MR) is 85.3 cm³/mol. The standard InChI is InChI=1S/C15H16N4O3S/c1-22-5-4-19(8-10-7-16-9-23-10)15(21)11-2-3-17-14-12(11)6-13(20)18-14/h2-3,7,9H,4-6,8H2,1H3,(H,17,18,20). The number of hydrogen-bond acceptors (Lipinski definition) is 6. The van der Waals surface area contributed by atoms with Gasteiger partial charge in [-0.15, -0.1) is 11.3 Å². The van der Waals surface area contributed by atoms with Crippen LogP contribution in [0.4, 0.5) is 5.82 Å². The molecule has 0 aromatic carbocycles. The van der Waals surface area contributed by atoms with Gasteiger partial charge in [-0.05, 0) is 6.07 Å². The third-order valence-corrected chi connectivity index (χ3v) is 4.33. The lowest BCUT2D eigenvalue weighted by atomic mass is 10.1. The van der Waals surface area contributed by atoms with E-state index in [0.717, 1.165) is 4.88 Å². The summed E-state index contributed by atoms with van der Waals surface area (Å²) in [5.41, 5.74) is 2.91. The lowest BCUT2D eigenvalue weighted by Gasteiger charge is -2.22. The van der Waals surface area contributed by atoms with E-state index >= 15 is 0 Å². The van der Waals surface area contributed by atoms with Gasteiger partial charge in [-0.3, -0.25) is 14.6 Å². The SMILES string of the molecule is COCCN(Cc1cncs1)C(=O)c1ccnc2c1CC(=O)N2. The molecule has 1 aliphatic heterocycles. The summed E-state index contributed by atoms with van der Waals surface area (Å²) < 4.78 is 5.10. The van der Waals surface area contributed by atoms with Crippen LogP contribution in [-0.2, 0) is 22.5 Å². The number of ether oxygens (including phenoxy) is 1. The number of fused-ring (bicyclic) bond motifs is 1. The van der Waals surface area contributed by atoms with Gasteiger partial charge >= 0.3 is 0 Å². The van der Waals surface area contributed by atoms with Crippen LogP contribution in [0.5, 0.6) is 0 Å². The van der Waals surface area contributed by atoms with Crippen LogP contribution in [0, 0.1) is 0 Å². The highest BCUT2D eigenvalue weighted by Crippen LogP contribution is 2.25. The number of amides is 2. The van der Waals surface area contributed by atoms with Gasteiger partial charge in [0.05, 0.1) is 25.1 Å². The number of rotatable bonds is 6. The zero-order valence-corrected chi connectivity index (χ0v) is 13.4. The Morgan fingerprint density at radius 2 is 2.39 bits per heavy atom. The van der Waals surface area contributed by atoms with Gasteiger partial charge in [0.2, 0.25) is 5.91 Å². The van der Waals surface area contributed by atoms with Crippen molar-refractivity contribution in [3.8, 4) is 0 Å². The van der Waals surface area contributed by atoms with Gasteiger partial charge < -0.3 is 15.0 Å².